The van der Waals surface area contributed by atoms with Crippen molar-refractivity contribution in [2.45, 2.75) is 50.4 Å². The third-order valence-electron chi connectivity index (χ3n) is 3.79. The number of hydrogen-bond acceptors (Lipinski definition) is 1. The first kappa shape index (κ1) is 13.9. The van der Waals surface area contributed by atoms with Crippen LogP contribution in [0, 0.1) is 5.82 Å². The van der Waals surface area contributed by atoms with Crippen LogP contribution in [0.2, 0.25) is 0 Å². The number of halogens is 2. The van der Waals surface area contributed by atoms with E-state index in [1.165, 1.54) is 32.1 Å². The number of anilines is 1. The maximum Gasteiger partial charge on any atom is 0.129 e. The molecule has 3 heteroatoms. The standard InChI is InChI=1S/C15H21BrFN/c1-2-6-12-7-3-4-10-18(12)15-9-5-8-14(17)13(15)11-16/h5,8-9,12H,2-4,6-7,10-11H2,1H3. The fraction of sp³-hybridized carbons (Fsp3) is 0.600. The normalized spacial score (nSPS) is 20.2. The van der Waals surface area contributed by atoms with E-state index in [0.717, 1.165) is 17.8 Å². The molecule has 0 aliphatic carbocycles. The van der Waals surface area contributed by atoms with E-state index in [-0.39, 0.29) is 5.82 Å². The molecule has 1 aromatic rings. The molecular weight excluding hydrogens is 293 g/mol. The lowest BCUT2D eigenvalue weighted by atomic mass is 9.96. The summed E-state index contributed by atoms with van der Waals surface area (Å²) in [6.07, 6.45) is 6.17. The Hall–Kier alpha value is -0.570. The van der Waals surface area contributed by atoms with Gasteiger partial charge in [-0.1, -0.05) is 35.3 Å². The highest BCUT2D eigenvalue weighted by atomic mass is 79.9. The molecule has 0 spiro atoms. The number of benzene rings is 1. The Morgan fingerprint density at radius 3 is 2.94 bits per heavy atom. The van der Waals surface area contributed by atoms with Gasteiger partial charge >= 0.3 is 0 Å². The maximum atomic E-state index is 13.9. The fourth-order valence-electron chi connectivity index (χ4n) is 2.90. The van der Waals surface area contributed by atoms with Crippen molar-refractivity contribution in [3.05, 3.63) is 29.6 Å². The summed E-state index contributed by atoms with van der Waals surface area (Å²) in [5, 5.41) is 0.588. The molecule has 0 bridgehead atoms. The Morgan fingerprint density at radius 1 is 1.39 bits per heavy atom. The van der Waals surface area contributed by atoms with E-state index in [1.807, 2.05) is 6.07 Å². The molecule has 0 aromatic heterocycles. The van der Waals surface area contributed by atoms with Crippen molar-refractivity contribution in [2.75, 3.05) is 11.4 Å². The van der Waals surface area contributed by atoms with E-state index in [4.69, 9.17) is 0 Å². The highest BCUT2D eigenvalue weighted by molar-refractivity contribution is 9.08. The molecule has 0 N–H and O–H groups in total. The van der Waals surface area contributed by atoms with E-state index in [0.29, 0.717) is 11.4 Å². The van der Waals surface area contributed by atoms with Crippen LogP contribution in [0.3, 0.4) is 0 Å². The lowest BCUT2D eigenvalue weighted by Crippen LogP contribution is -2.40. The molecule has 1 atom stereocenters. The van der Waals surface area contributed by atoms with Crippen LogP contribution < -0.4 is 4.90 Å². The molecule has 1 fully saturated rings. The van der Waals surface area contributed by atoms with Crippen LogP contribution in [0.1, 0.15) is 44.6 Å². The molecule has 0 radical (unpaired) electrons. The molecular formula is C15H21BrFN. The van der Waals surface area contributed by atoms with Gasteiger partial charge in [0.1, 0.15) is 5.82 Å². The van der Waals surface area contributed by atoms with E-state index in [9.17, 15) is 4.39 Å². The van der Waals surface area contributed by atoms with Crippen LogP contribution in [0.15, 0.2) is 18.2 Å². The lowest BCUT2D eigenvalue weighted by Gasteiger charge is -2.38. The smallest absolute Gasteiger partial charge is 0.129 e. The summed E-state index contributed by atoms with van der Waals surface area (Å²) < 4.78 is 13.9. The number of nitrogens with zero attached hydrogens (tertiary/aromatic N) is 1. The Kier molecular flexibility index (Phi) is 5.04. The van der Waals surface area contributed by atoms with Crippen molar-refractivity contribution in [1.29, 1.82) is 0 Å². The number of rotatable bonds is 4. The minimum absolute atomic E-state index is 0.0924. The Morgan fingerprint density at radius 2 is 2.22 bits per heavy atom. The second-order valence-corrected chi connectivity index (χ2v) is 5.56. The number of hydrogen-bond donors (Lipinski definition) is 0. The molecule has 1 heterocycles. The van der Waals surface area contributed by atoms with Crippen LogP contribution in [-0.2, 0) is 5.33 Å². The van der Waals surface area contributed by atoms with Crippen LogP contribution >= 0.6 is 15.9 Å². The highest BCUT2D eigenvalue weighted by Crippen LogP contribution is 2.32. The van der Waals surface area contributed by atoms with Crippen molar-refractivity contribution < 1.29 is 4.39 Å². The van der Waals surface area contributed by atoms with Gasteiger partial charge < -0.3 is 4.90 Å². The third kappa shape index (κ3) is 2.87. The van der Waals surface area contributed by atoms with E-state index < -0.39 is 0 Å². The van der Waals surface area contributed by atoms with Gasteiger partial charge in [-0.15, -0.1) is 0 Å². The zero-order valence-corrected chi connectivity index (χ0v) is 12.5. The topological polar surface area (TPSA) is 3.24 Å². The Balaban J connectivity index is 2.30. The average Bonchev–Trinajstić information content (AvgIpc) is 2.39. The van der Waals surface area contributed by atoms with Crippen LogP contribution in [0.25, 0.3) is 0 Å². The van der Waals surface area contributed by atoms with Gasteiger partial charge in [-0.2, -0.15) is 0 Å². The van der Waals surface area contributed by atoms with Gasteiger partial charge in [-0.3, -0.25) is 0 Å². The maximum absolute atomic E-state index is 13.9. The molecule has 0 saturated carbocycles. The van der Waals surface area contributed by atoms with Crippen molar-refractivity contribution in [2.24, 2.45) is 0 Å². The van der Waals surface area contributed by atoms with Crippen molar-refractivity contribution >= 4 is 21.6 Å². The second kappa shape index (κ2) is 6.55. The monoisotopic (exact) mass is 313 g/mol. The van der Waals surface area contributed by atoms with Gasteiger partial charge in [0.15, 0.2) is 0 Å². The minimum atomic E-state index is -0.0924. The lowest BCUT2D eigenvalue weighted by molar-refractivity contribution is 0.433. The molecule has 1 unspecified atom stereocenters. The average molecular weight is 314 g/mol. The Bertz CT molecular complexity index is 392. The predicted molar refractivity (Wildman–Crippen MR) is 78.9 cm³/mol. The summed E-state index contributed by atoms with van der Waals surface area (Å²) >= 11 is 3.42. The summed E-state index contributed by atoms with van der Waals surface area (Å²) in [5.74, 6) is -0.0924. The summed E-state index contributed by atoms with van der Waals surface area (Å²) in [6.45, 7) is 3.29. The first-order valence-electron chi connectivity index (χ1n) is 6.88. The minimum Gasteiger partial charge on any atom is -0.368 e. The van der Waals surface area contributed by atoms with Crippen molar-refractivity contribution in [3.8, 4) is 0 Å². The molecule has 0 amide bonds. The third-order valence-corrected chi connectivity index (χ3v) is 4.35. The van der Waals surface area contributed by atoms with E-state index in [1.54, 1.807) is 6.07 Å². The van der Waals surface area contributed by atoms with Gasteiger partial charge in [-0.05, 0) is 37.8 Å². The summed E-state index contributed by atoms with van der Waals surface area (Å²) in [7, 11) is 0. The highest BCUT2D eigenvalue weighted by Gasteiger charge is 2.24. The van der Waals surface area contributed by atoms with Crippen molar-refractivity contribution in [1.82, 2.24) is 0 Å². The van der Waals surface area contributed by atoms with Crippen LogP contribution in [-0.4, -0.2) is 12.6 Å². The van der Waals surface area contributed by atoms with Crippen LogP contribution in [0.4, 0.5) is 10.1 Å². The Labute approximate surface area is 118 Å². The second-order valence-electron chi connectivity index (χ2n) is 5.00. The molecule has 2 rings (SSSR count). The summed E-state index contributed by atoms with van der Waals surface area (Å²) in [6, 6.07) is 6.03. The zero-order chi connectivity index (χ0) is 13.0. The molecule has 1 nitrogen and oxygen atoms in total. The van der Waals surface area contributed by atoms with Gasteiger partial charge in [0.25, 0.3) is 0 Å². The molecule has 100 valence electrons. The largest absolute Gasteiger partial charge is 0.368 e. The van der Waals surface area contributed by atoms with Gasteiger partial charge in [-0.25, -0.2) is 4.39 Å². The van der Waals surface area contributed by atoms with Crippen molar-refractivity contribution in [3.63, 3.8) is 0 Å². The van der Waals surface area contributed by atoms with Gasteiger partial charge in [0.05, 0.1) is 0 Å². The fourth-order valence-corrected chi connectivity index (χ4v) is 3.45. The molecule has 1 saturated heterocycles. The zero-order valence-electron chi connectivity index (χ0n) is 11.0. The molecule has 1 aromatic carbocycles. The number of piperidine rings is 1. The molecule has 1 aliphatic heterocycles. The quantitative estimate of drug-likeness (QED) is 0.716. The van der Waals surface area contributed by atoms with Gasteiger partial charge in [0, 0.05) is 29.2 Å². The van der Waals surface area contributed by atoms with E-state index >= 15 is 0 Å². The van der Waals surface area contributed by atoms with Gasteiger partial charge in [0.2, 0.25) is 0 Å². The SMILES string of the molecule is CCCC1CCCCN1c1cccc(F)c1CBr. The summed E-state index contributed by atoms with van der Waals surface area (Å²) in [4.78, 5) is 2.42. The van der Waals surface area contributed by atoms with E-state index in [2.05, 4.69) is 33.8 Å². The van der Waals surface area contributed by atoms with Crippen LogP contribution in [0.5, 0.6) is 0 Å². The summed E-state index contributed by atoms with van der Waals surface area (Å²) in [5.41, 5.74) is 1.89. The first-order chi connectivity index (χ1) is 8.77. The predicted octanol–water partition coefficient (Wildman–Crippen LogP) is 4.88. The first-order valence-corrected chi connectivity index (χ1v) is 8.00. The molecule has 18 heavy (non-hydrogen) atoms. The number of alkyl halides is 1. The molecule has 1 aliphatic rings.